The first-order valence-corrected chi connectivity index (χ1v) is 8.30. The van der Waals surface area contributed by atoms with E-state index in [0.717, 1.165) is 19.3 Å². The Labute approximate surface area is 112 Å². The van der Waals surface area contributed by atoms with Gasteiger partial charge in [-0.15, -0.1) is 0 Å². The Kier molecular flexibility index (Phi) is 3.10. The predicted molar refractivity (Wildman–Crippen MR) is 67.4 cm³/mol. The van der Waals surface area contributed by atoms with Crippen molar-refractivity contribution in [2.24, 2.45) is 16.7 Å². The minimum Gasteiger partial charge on any atom is -0.445 e. The molecule has 3 unspecified atom stereocenters. The van der Waals surface area contributed by atoms with Crippen molar-refractivity contribution in [2.45, 2.75) is 46.1 Å². The molecule has 0 aromatic rings. The van der Waals surface area contributed by atoms with E-state index in [1.165, 1.54) is 0 Å². The minimum absolute atomic E-state index is 0.0922. The van der Waals surface area contributed by atoms with Crippen LogP contribution < -0.4 is 4.72 Å². The summed E-state index contributed by atoms with van der Waals surface area (Å²) < 4.78 is 28.3. The van der Waals surface area contributed by atoms with Gasteiger partial charge in [0.2, 0.25) is 0 Å². The van der Waals surface area contributed by atoms with E-state index in [-0.39, 0.29) is 16.9 Å². The molecule has 2 aliphatic carbocycles. The summed E-state index contributed by atoms with van der Waals surface area (Å²) in [5, 5.41) is 0. The number of carbonyl (C=O) groups is 1. The summed E-state index contributed by atoms with van der Waals surface area (Å²) in [6.45, 7) is 6.47. The van der Waals surface area contributed by atoms with Crippen molar-refractivity contribution in [3.8, 4) is 0 Å². The second kappa shape index (κ2) is 4.00. The SMILES string of the molecule is CC1(C)C2CCC1(C)C(OC(=O)NS(=O)(=O)Cl)C2. The van der Waals surface area contributed by atoms with Crippen LogP contribution >= 0.6 is 10.7 Å². The molecule has 0 heterocycles. The molecule has 0 aromatic heterocycles. The van der Waals surface area contributed by atoms with Crippen LogP contribution in [0, 0.1) is 16.7 Å². The zero-order valence-corrected chi connectivity index (χ0v) is 12.3. The maximum absolute atomic E-state index is 11.4. The maximum atomic E-state index is 11.4. The molecule has 2 saturated carbocycles. The van der Waals surface area contributed by atoms with E-state index in [9.17, 15) is 13.2 Å². The molecule has 2 rings (SSSR count). The molecule has 2 bridgehead atoms. The number of hydrogen-bond donors (Lipinski definition) is 1. The smallest absolute Gasteiger partial charge is 0.422 e. The second-order valence-electron chi connectivity index (χ2n) is 6.04. The molecule has 7 heteroatoms. The molecule has 1 N–H and O–H groups in total. The summed E-state index contributed by atoms with van der Waals surface area (Å²) in [4.78, 5) is 11.4. The molecule has 5 nitrogen and oxygen atoms in total. The zero-order chi connectivity index (χ0) is 13.8. The molecule has 1 amide bonds. The van der Waals surface area contributed by atoms with Gasteiger partial charge in [0.05, 0.1) is 0 Å². The highest BCUT2D eigenvalue weighted by Gasteiger charge is 2.62. The maximum Gasteiger partial charge on any atom is 0.422 e. The lowest BCUT2D eigenvalue weighted by Crippen LogP contribution is -2.41. The molecular formula is C11H18ClNO4S. The number of halogens is 1. The summed E-state index contributed by atoms with van der Waals surface area (Å²) >= 11 is 0. The van der Waals surface area contributed by atoms with Gasteiger partial charge in [-0.05, 0) is 30.6 Å². The molecule has 104 valence electrons. The van der Waals surface area contributed by atoms with Gasteiger partial charge in [0, 0.05) is 16.1 Å². The number of carbonyl (C=O) groups excluding carboxylic acids is 1. The fraction of sp³-hybridized carbons (Fsp3) is 0.909. The van der Waals surface area contributed by atoms with Gasteiger partial charge in [-0.25, -0.2) is 9.52 Å². The van der Waals surface area contributed by atoms with Crippen LogP contribution in [-0.2, 0) is 14.0 Å². The quantitative estimate of drug-likeness (QED) is 0.794. The normalized spacial score (nSPS) is 37.6. The molecule has 0 radical (unpaired) electrons. The monoisotopic (exact) mass is 295 g/mol. The Morgan fingerprint density at radius 2 is 2.00 bits per heavy atom. The van der Waals surface area contributed by atoms with Crippen LogP contribution in [0.4, 0.5) is 4.79 Å². The Hall–Kier alpha value is -0.490. The third-order valence-electron chi connectivity index (χ3n) is 5.17. The van der Waals surface area contributed by atoms with Gasteiger partial charge < -0.3 is 4.74 Å². The van der Waals surface area contributed by atoms with Crippen LogP contribution in [-0.4, -0.2) is 20.6 Å². The Balaban J connectivity index is 2.07. The summed E-state index contributed by atoms with van der Waals surface area (Å²) in [5.74, 6) is 0.521. The topological polar surface area (TPSA) is 72.5 Å². The molecule has 0 aliphatic heterocycles. The second-order valence-corrected chi connectivity index (χ2v) is 8.34. The molecule has 2 aliphatic rings. The first-order valence-electron chi connectivity index (χ1n) is 5.99. The van der Waals surface area contributed by atoms with Gasteiger partial charge in [-0.3, -0.25) is 0 Å². The van der Waals surface area contributed by atoms with E-state index in [1.54, 1.807) is 4.72 Å². The largest absolute Gasteiger partial charge is 0.445 e. The van der Waals surface area contributed by atoms with Crippen LogP contribution in [0.15, 0.2) is 0 Å². The molecule has 0 spiro atoms. The van der Waals surface area contributed by atoms with E-state index in [1.807, 2.05) is 0 Å². The lowest BCUT2D eigenvalue weighted by atomic mass is 9.70. The molecule has 3 atom stereocenters. The van der Waals surface area contributed by atoms with Crippen LogP contribution in [0.5, 0.6) is 0 Å². The van der Waals surface area contributed by atoms with E-state index in [4.69, 9.17) is 15.4 Å². The van der Waals surface area contributed by atoms with E-state index in [0.29, 0.717) is 5.92 Å². The average molecular weight is 296 g/mol. The number of hydrogen-bond acceptors (Lipinski definition) is 4. The number of nitrogens with one attached hydrogen (secondary N) is 1. The highest BCUT2D eigenvalue weighted by molar-refractivity contribution is 8.12. The standard InChI is InChI=1S/C11H18ClNO4S/c1-10(2)7-4-5-11(10,3)8(6-7)17-9(14)13-18(12,15)16/h7-8H,4-6H2,1-3H3,(H,13,14). The summed E-state index contributed by atoms with van der Waals surface area (Å²) in [5.41, 5.74) is 0.0167. The van der Waals surface area contributed by atoms with Crippen molar-refractivity contribution in [1.82, 2.24) is 4.72 Å². The molecule has 0 saturated heterocycles. The highest BCUT2D eigenvalue weighted by atomic mass is 35.7. The predicted octanol–water partition coefficient (Wildman–Crippen LogP) is 2.41. The molecule has 2 fully saturated rings. The third-order valence-corrected chi connectivity index (χ3v) is 5.81. The van der Waals surface area contributed by atoms with Crippen molar-refractivity contribution >= 4 is 26.0 Å². The summed E-state index contributed by atoms with van der Waals surface area (Å²) in [6.07, 6.45) is 1.69. The van der Waals surface area contributed by atoms with Crippen LogP contribution in [0.2, 0.25) is 0 Å². The lowest BCUT2D eigenvalue weighted by Gasteiger charge is -2.38. The Morgan fingerprint density at radius 1 is 1.39 bits per heavy atom. The average Bonchev–Trinajstić information content (AvgIpc) is 2.47. The minimum atomic E-state index is -4.08. The number of ether oxygens (including phenoxy) is 1. The van der Waals surface area contributed by atoms with E-state index < -0.39 is 15.3 Å². The first kappa shape index (κ1) is 13.9. The van der Waals surface area contributed by atoms with Crippen LogP contribution in [0.3, 0.4) is 0 Å². The summed E-state index contributed by atoms with van der Waals surface area (Å²) in [6, 6.07) is 0. The van der Waals surface area contributed by atoms with Crippen LogP contribution in [0.1, 0.15) is 40.0 Å². The van der Waals surface area contributed by atoms with Crippen molar-refractivity contribution in [1.29, 1.82) is 0 Å². The van der Waals surface area contributed by atoms with Gasteiger partial charge in [0.25, 0.3) is 0 Å². The van der Waals surface area contributed by atoms with Gasteiger partial charge in [-0.1, -0.05) is 20.8 Å². The molecule has 0 aromatic carbocycles. The molecule has 18 heavy (non-hydrogen) atoms. The first-order chi connectivity index (χ1) is 8.06. The Bertz CT molecular complexity index is 475. The van der Waals surface area contributed by atoms with Crippen LogP contribution in [0.25, 0.3) is 0 Å². The van der Waals surface area contributed by atoms with E-state index in [2.05, 4.69) is 20.8 Å². The lowest BCUT2D eigenvalue weighted by molar-refractivity contribution is -0.00193. The van der Waals surface area contributed by atoms with Gasteiger partial charge in [0.15, 0.2) is 0 Å². The van der Waals surface area contributed by atoms with Crippen molar-refractivity contribution in [2.75, 3.05) is 0 Å². The fourth-order valence-corrected chi connectivity index (χ4v) is 4.00. The van der Waals surface area contributed by atoms with Gasteiger partial charge >= 0.3 is 15.3 Å². The Morgan fingerprint density at radius 3 is 2.39 bits per heavy atom. The summed E-state index contributed by atoms with van der Waals surface area (Å²) in [7, 11) is 0.865. The number of fused-ring (bicyclic) bond motifs is 2. The fourth-order valence-electron chi connectivity index (χ4n) is 3.56. The van der Waals surface area contributed by atoms with Crippen molar-refractivity contribution in [3.63, 3.8) is 0 Å². The van der Waals surface area contributed by atoms with Gasteiger partial charge in [-0.2, -0.15) is 8.42 Å². The number of rotatable bonds is 2. The van der Waals surface area contributed by atoms with Gasteiger partial charge in [0.1, 0.15) is 6.10 Å². The molecular weight excluding hydrogens is 278 g/mol. The van der Waals surface area contributed by atoms with Crippen molar-refractivity contribution in [3.05, 3.63) is 0 Å². The zero-order valence-electron chi connectivity index (χ0n) is 10.7. The highest BCUT2D eigenvalue weighted by Crippen LogP contribution is 2.66. The van der Waals surface area contributed by atoms with Crippen molar-refractivity contribution < 1.29 is 17.9 Å². The van der Waals surface area contributed by atoms with E-state index >= 15 is 0 Å². The number of amides is 1. The third kappa shape index (κ3) is 2.09.